The third kappa shape index (κ3) is 9.28. The van der Waals surface area contributed by atoms with E-state index < -0.39 is 6.10 Å². The third-order valence-electron chi connectivity index (χ3n) is 6.70. The quantitative estimate of drug-likeness (QED) is 0.249. The Morgan fingerprint density at radius 1 is 1.12 bits per heavy atom. The van der Waals surface area contributed by atoms with Crippen LogP contribution in [0.15, 0.2) is 42.5 Å². The second kappa shape index (κ2) is 13.6. The molecule has 32 heavy (non-hydrogen) atoms. The van der Waals surface area contributed by atoms with Crippen molar-refractivity contribution in [1.82, 2.24) is 0 Å². The van der Waals surface area contributed by atoms with Crippen LogP contribution in [0.1, 0.15) is 91.4 Å². The highest BCUT2D eigenvalue weighted by atomic mass is 16.3. The van der Waals surface area contributed by atoms with Gasteiger partial charge in [-0.25, -0.2) is 0 Å². The van der Waals surface area contributed by atoms with Gasteiger partial charge in [-0.1, -0.05) is 83.2 Å². The van der Waals surface area contributed by atoms with E-state index in [4.69, 9.17) is 0 Å². The van der Waals surface area contributed by atoms with Crippen molar-refractivity contribution >= 4 is 17.4 Å². The second-order valence-corrected chi connectivity index (χ2v) is 10.2. The predicted molar refractivity (Wildman–Crippen MR) is 132 cm³/mol. The molecule has 1 aliphatic carbocycles. The fraction of sp³-hybridized carbons (Fsp3) is 0.643. The van der Waals surface area contributed by atoms with E-state index in [9.17, 15) is 14.7 Å². The monoisotopic (exact) mass is 441 g/mol. The van der Waals surface area contributed by atoms with Gasteiger partial charge in [-0.2, -0.15) is 0 Å². The van der Waals surface area contributed by atoms with Crippen molar-refractivity contribution in [3.63, 3.8) is 0 Å². The van der Waals surface area contributed by atoms with Gasteiger partial charge in [0.25, 0.3) is 0 Å². The van der Waals surface area contributed by atoms with Crippen LogP contribution in [0.4, 0.5) is 5.69 Å². The SMILES string of the molecule is CCCCC(C)(C)C/C=C/[C@H]1[C@H](O)CC(=O)[C@@H]1CCCCCCC(=O)Nc1ccccc1. The first-order chi connectivity index (χ1) is 15.3. The Balaban J connectivity index is 1.68. The van der Waals surface area contributed by atoms with E-state index in [0.29, 0.717) is 12.8 Å². The standard InChI is InChI=1S/C28H43NO3/c1-4-5-19-28(2,3)20-13-17-24-23(25(30)21-26(24)31)16-11-6-7-12-18-27(32)29-22-14-9-8-10-15-22/h8-10,13-15,17,23-24,26,31H,4-7,11-12,16,18-21H2,1-3H3,(H,29,32)/b17-13+/t23-,24-,26-/m1/s1. The molecule has 1 aromatic rings. The number of benzene rings is 1. The number of hydrogen-bond acceptors (Lipinski definition) is 3. The molecule has 3 atom stereocenters. The molecule has 0 bridgehead atoms. The molecule has 0 aromatic heterocycles. The molecule has 0 spiro atoms. The maximum Gasteiger partial charge on any atom is 0.224 e. The Hall–Kier alpha value is -1.94. The van der Waals surface area contributed by atoms with Gasteiger partial charge in [0, 0.05) is 30.4 Å². The summed E-state index contributed by atoms with van der Waals surface area (Å²) in [5.74, 6) is 0.166. The topological polar surface area (TPSA) is 66.4 Å². The van der Waals surface area contributed by atoms with Crippen LogP contribution in [0.25, 0.3) is 0 Å². The number of allylic oxidation sites excluding steroid dienone is 1. The van der Waals surface area contributed by atoms with E-state index in [2.05, 4.69) is 38.2 Å². The molecule has 0 saturated heterocycles. The Labute approximate surface area is 194 Å². The molecule has 2 N–H and O–H groups in total. The number of hydrogen-bond donors (Lipinski definition) is 2. The number of unbranched alkanes of at least 4 members (excludes halogenated alkanes) is 4. The summed E-state index contributed by atoms with van der Waals surface area (Å²) in [6.45, 7) is 6.80. The van der Waals surface area contributed by atoms with Gasteiger partial charge in [0.05, 0.1) is 6.10 Å². The van der Waals surface area contributed by atoms with E-state index >= 15 is 0 Å². The Bertz CT molecular complexity index is 725. The number of aliphatic hydroxyl groups excluding tert-OH is 1. The minimum atomic E-state index is -0.538. The highest BCUT2D eigenvalue weighted by molar-refractivity contribution is 5.90. The molecule has 1 aliphatic rings. The van der Waals surface area contributed by atoms with Crippen molar-refractivity contribution in [2.24, 2.45) is 17.3 Å². The summed E-state index contributed by atoms with van der Waals surface area (Å²) in [5, 5.41) is 13.3. The Kier molecular flexibility index (Phi) is 11.2. The maximum atomic E-state index is 12.4. The van der Waals surface area contributed by atoms with E-state index in [1.165, 1.54) is 19.3 Å². The van der Waals surface area contributed by atoms with E-state index in [-0.39, 0.29) is 28.9 Å². The highest BCUT2D eigenvalue weighted by Gasteiger charge is 2.39. The molecule has 2 rings (SSSR count). The molecule has 1 amide bonds. The number of aliphatic hydroxyl groups is 1. The molecule has 0 radical (unpaired) electrons. The van der Waals surface area contributed by atoms with Gasteiger partial charge >= 0.3 is 0 Å². The fourth-order valence-electron chi connectivity index (χ4n) is 4.64. The smallest absolute Gasteiger partial charge is 0.224 e. The molecule has 1 aromatic carbocycles. The fourth-order valence-corrected chi connectivity index (χ4v) is 4.64. The number of nitrogens with one attached hydrogen (secondary N) is 1. The van der Waals surface area contributed by atoms with Crippen LogP contribution in [-0.2, 0) is 9.59 Å². The zero-order chi connectivity index (χ0) is 23.4. The van der Waals surface area contributed by atoms with Crippen molar-refractivity contribution in [3.05, 3.63) is 42.5 Å². The van der Waals surface area contributed by atoms with Crippen molar-refractivity contribution in [2.45, 2.75) is 97.5 Å². The van der Waals surface area contributed by atoms with E-state index in [1.54, 1.807) is 0 Å². The third-order valence-corrected chi connectivity index (χ3v) is 6.70. The first-order valence-electron chi connectivity index (χ1n) is 12.5. The summed E-state index contributed by atoms with van der Waals surface area (Å²) >= 11 is 0. The van der Waals surface area contributed by atoms with Gasteiger partial charge in [-0.3, -0.25) is 9.59 Å². The number of carbonyl (C=O) groups is 2. The molecule has 1 saturated carbocycles. The molecule has 1 fully saturated rings. The van der Waals surface area contributed by atoms with Crippen LogP contribution < -0.4 is 5.32 Å². The normalized spacial score (nSPS) is 21.4. The molecule has 4 heteroatoms. The van der Waals surface area contributed by atoms with Crippen LogP contribution >= 0.6 is 0 Å². The first-order valence-corrected chi connectivity index (χ1v) is 12.5. The number of amides is 1. The minimum absolute atomic E-state index is 0.0406. The lowest BCUT2D eigenvalue weighted by molar-refractivity contribution is -0.121. The van der Waals surface area contributed by atoms with Crippen molar-refractivity contribution in [1.29, 1.82) is 0 Å². The molecule has 0 aliphatic heterocycles. The number of rotatable bonds is 14. The molecular formula is C28H43NO3. The molecular weight excluding hydrogens is 398 g/mol. The Morgan fingerprint density at radius 3 is 2.56 bits per heavy atom. The predicted octanol–water partition coefficient (Wildman–Crippen LogP) is 6.69. The van der Waals surface area contributed by atoms with Gasteiger partial charge < -0.3 is 10.4 Å². The van der Waals surface area contributed by atoms with E-state index in [1.807, 2.05) is 30.3 Å². The van der Waals surface area contributed by atoms with Crippen molar-refractivity contribution in [2.75, 3.05) is 5.32 Å². The van der Waals surface area contributed by atoms with Gasteiger partial charge in [0.1, 0.15) is 5.78 Å². The molecule has 178 valence electrons. The maximum absolute atomic E-state index is 12.4. The number of carbonyl (C=O) groups excluding carboxylic acids is 2. The first kappa shape index (κ1) is 26.3. The van der Waals surface area contributed by atoms with E-state index in [0.717, 1.165) is 44.2 Å². The van der Waals surface area contributed by atoms with Crippen LogP contribution in [0.3, 0.4) is 0 Å². The van der Waals surface area contributed by atoms with Crippen molar-refractivity contribution in [3.8, 4) is 0 Å². The largest absolute Gasteiger partial charge is 0.392 e. The zero-order valence-electron chi connectivity index (χ0n) is 20.3. The lowest BCUT2D eigenvalue weighted by atomic mass is 9.82. The van der Waals surface area contributed by atoms with Gasteiger partial charge in [-0.15, -0.1) is 0 Å². The number of para-hydroxylation sites is 1. The van der Waals surface area contributed by atoms with Crippen LogP contribution in [-0.4, -0.2) is 22.9 Å². The summed E-state index contributed by atoms with van der Waals surface area (Å²) in [5.41, 5.74) is 1.10. The van der Waals surface area contributed by atoms with Gasteiger partial charge in [0.15, 0.2) is 0 Å². The number of anilines is 1. The highest BCUT2D eigenvalue weighted by Crippen LogP contribution is 2.35. The summed E-state index contributed by atoms with van der Waals surface area (Å²) in [6.07, 6.45) is 13.9. The lowest BCUT2D eigenvalue weighted by Crippen LogP contribution is -2.19. The summed E-state index contributed by atoms with van der Waals surface area (Å²) < 4.78 is 0. The number of Topliss-reactive ketones (excluding diaryl/α,β-unsaturated/α-hetero) is 1. The lowest BCUT2D eigenvalue weighted by Gasteiger charge is -2.23. The number of ketones is 1. The summed E-state index contributed by atoms with van der Waals surface area (Å²) in [4.78, 5) is 24.4. The zero-order valence-corrected chi connectivity index (χ0v) is 20.3. The van der Waals surface area contributed by atoms with Crippen LogP contribution in [0, 0.1) is 17.3 Å². The minimum Gasteiger partial charge on any atom is -0.392 e. The van der Waals surface area contributed by atoms with Crippen LogP contribution in [0.2, 0.25) is 0 Å². The van der Waals surface area contributed by atoms with Crippen LogP contribution in [0.5, 0.6) is 0 Å². The summed E-state index contributed by atoms with van der Waals surface area (Å²) in [6, 6.07) is 9.53. The second-order valence-electron chi connectivity index (χ2n) is 10.2. The summed E-state index contributed by atoms with van der Waals surface area (Å²) in [7, 11) is 0. The van der Waals surface area contributed by atoms with Gasteiger partial charge in [-0.05, 0) is 43.2 Å². The van der Waals surface area contributed by atoms with Gasteiger partial charge in [0.2, 0.25) is 5.91 Å². The average molecular weight is 442 g/mol. The average Bonchev–Trinajstić information content (AvgIpc) is 3.02. The molecule has 0 heterocycles. The molecule has 4 nitrogen and oxygen atoms in total. The van der Waals surface area contributed by atoms with Crippen molar-refractivity contribution < 1.29 is 14.7 Å². The Morgan fingerprint density at radius 2 is 1.84 bits per heavy atom. The molecule has 0 unspecified atom stereocenters.